The van der Waals surface area contributed by atoms with Gasteiger partial charge in [0, 0.05) is 23.4 Å². The summed E-state index contributed by atoms with van der Waals surface area (Å²) in [7, 11) is 1.55. The Morgan fingerprint density at radius 3 is 2.54 bits per heavy atom. The van der Waals surface area contributed by atoms with Gasteiger partial charge in [-0.05, 0) is 43.7 Å². The number of amides is 1. The predicted molar refractivity (Wildman–Crippen MR) is 139 cm³/mol. The van der Waals surface area contributed by atoms with E-state index < -0.39 is 11.0 Å². The third-order valence-corrected chi connectivity index (χ3v) is 6.15. The second-order valence-electron chi connectivity index (χ2n) is 8.64. The van der Waals surface area contributed by atoms with Gasteiger partial charge in [0.15, 0.2) is 5.82 Å². The zero-order chi connectivity index (χ0) is 26.1. The van der Waals surface area contributed by atoms with Crippen LogP contribution in [-0.4, -0.2) is 32.7 Å². The number of aryl methyl sites for hydroxylation is 1. The van der Waals surface area contributed by atoms with Crippen LogP contribution in [0.1, 0.15) is 24.1 Å². The molecule has 2 heterocycles. The molecule has 0 saturated carbocycles. The van der Waals surface area contributed by atoms with E-state index in [2.05, 4.69) is 15.6 Å². The Morgan fingerprint density at radius 2 is 1.84 bits per heavy atom. The maximum atomic E-state index is 13.7. The maximum Gasteiger partial charge on any atom is 0.269 e. The van der Waals surface area contributed by atoms with Crippen molar-refractivity contribution in [1.82, 2.24) is 14.8 Å². The minimum absolute atomic E-state index is 0.0173. The third kappa shape index (κ3) is 4.52. The molecule has 1 atom stereocenters. The number of nitrogens with one attached hydrogen (secondary N) is 2. The highest BCUT2D eigenvalue weighted by Crippen LogP contribution is 2.37. The monoisotopic (exact) mass is 496 g/mol. The Bertz CT molecular complexity index is 1540. The number of fused-ring (bicyclic) bond motifs is 1. The van der Waals surface area contributed by atoms with E-state index >= 15 is 0 Å². The third-order valence-electron chi connectivity index (χ3n) is 6.15. The summed E-state index contributed by atoms with van der Waals surface area (Å²) >= 11 is 0. The van der Waals surface area contributed by atoms with Crippen molar-refractivity contribution in [1.29, 1.82) is 0 Å². The minimum Gasteiger partial charge on any atom is -0.495 e. The van der Waals surface area contributed by atoms with Crippen molar-refractivity contribution in [2.75, 3.05) is 17.7 Å². The zero-order valence-electron chi connectivity index (χ0n) is 20.4. The van der Waals surface area contributed by atoms with Gasteiger partial charge in [0.25, 0.3) is 11.6 Å². The molecule has 0 spiro atoms. The van der Waals surface area contributed by atoms with Crippen molar-refractivity contribution in [2.24, 2.45) is 0 Å². The van der Waals surface area contributed by atoms with E-state index in [9.17, 15) is 14.9 Å². The van der Waals surface area contributed by atoms with Crippen molar-refractivity contribution < 1.29 is 14.5 Å². The molecule has 2 N–H and O–H groups in total. The van der Waals surface area contributed by atoms with Gasteiger partial charge in [-0.3, -0.25) is 14.9 Å². The fourth-order valence-electron chi connectivity index (χ4n) is 4.39. The maximum absolute atomic E-state index is 13.7. The SMILES string of the molecule is COc1ccccc1NC(=O)C1=C(C)Nc2nc(-c3ccc([N+](=O)[O-])cc3)nn2C1c1cccc(C)c1. The summed E-state index contributed by atoms with van der Waals surface area (Å²) in [5, 5.41) is 22.0. The largest absolute Gasteiger partial charge is 0.495 e. The number of methoxy groups -OCH3 is 1. The van der Waals surface area contributed by atoms with E-state index in [0.717, 1.165) is 11.1 Å². The van der Waals surface area contributed by atoms with E-state index in [1.807, 2.05) is 50.2 Å². The molecular weight excluding hydrogens is 472 g/mol. The molecule has 10 nitrogen and oxygen atoms in total. The van der Waals surface area contributed by atoms with Gasteiger partial charge >= 0.3 is 0 Å². The average Bonchev–Trinajstić information content (AvgIpc) is 3.31. The number of hydrogen-bond acceptors (Lipinski definition) is 7. The lowest BCUT2D eigenvalue weighted by molar-refractivity contribution is -0.384. The molecular formula is C27H24N6O4. The van der Waals surface area contributed by atoms with Crippen LogP contribution >= 0.6 is 0 Å². The summed E-state index contributed by atoms with van der Waals surface area (Å²) in [5.74, 6) is 1.09. The van der Waals surface area contributed by atoms with E-state index in [-0.39, 0.29) is 11.6 Å². The van der Waals surface area contributed by atoms with Crippen molar-refractivity contribution in [3.05, 3.63) is 105 Å². The van der Waals surface area contributed by atoms with Gasteiger partial charge in [-0.2, -0.15) is 4.98 Å². The molecule has 3 aromatic carbocycles. The van der Waals surface area contributed by atoms with E-state index in [0.29, 0.717) is 40.0 Å². The fourth-order valence-corrected chi connectivity index (χ4v) is 4.39. The number of para-hydroxylation sites is 2. The van der Waals surface area contributed by atoms with Gasteiger partial charge in [0.1, 0.15) is 11.8 Å². The number of aromatic nitrogens is 3. The molecule has 37 heavy (non-hydrogen) atoms. The Hall–Kier alpha value is -4.99. The molecule has 0 bridgehead atoms. The molecule has 0 saturated heterocycles. The molecule has 1 unspecified atom stereocenters. The molecule has 4 aromatic rings. The Kier molecular flexibility index (Phi) is 6.14. The highest BCUT2D eigenvalue weighted by Gasteiger charge is 2.35. The number of benzene rings is 3. The molecule has 1 amide bonds. The number of anilines is 2. The lowest BCUT2D eigenvalue weighted by atomic mass is 9.94. The van der Waals surface area contributed by atoms with Gasteiger partial charge in [0.2, 0.25) is 5.95 Å². The highest BCUT2D eigenvalue weighted by atomic mass is 16.6. The van der Waals surface area contributed by atoms with Crippen molar-refractivity contribution in [2.45, 2.75) is 19.9 Å². The van der Waals surface area contributed by atoms with Crippen LogP contribution in [-0.2, 0) is 4.79 Å². The number of hydrogen-bond donors (Lipinski definition) is 2. The first kappa shape index (κ1) is 23.7. The van der Waals surface area contributed by atoms with Crippen LogP contribution in [0.3, 0.4) is 0 Å². The molecule has 10 heteroatoms. The summed E-state index contributed by atoms with van der Waals surface area (Å²) in [6.45, 7) is 3.81. The second kappa shape index (κ2) is 9.57. The van der Waals surface area contributed by atoms with Crippen LogP contribution in [0.5, 0.6) is 5.75 Å². The normalized spacial score (nSPS) is 14.5. The van der Waals surface area contributed by atoms with Crippen molar-refractivity contribution in [3.63, 3.8) is 0 Å². The fraction of sp³-hybridized carbons (Fsp3) is 0.148. The molecule has 5 rings (SSSR count). The second-order valence-corrected chi connectivity index (χ2v) is 8.64. The minimum atomic E-state index is -0.565. The molecule has 1 aromatic heterocycles. The number of nitro benzene ring substituents is 1. The molecule has 186 valence electrons. The van der Waals surface area contributed by atoms with Crippen molar-refractivity contribution in [3.8, 4) is 17.1 Å². The van der Waals surface area contributed by atoms with Gasteiger partial charge in [-0.15, -0.1) is 5.10 Å². The first-order chi connectivity index (χ1) is 17.9. The average molecular weight is 497 g/mol. The van der Waals surface area contributed by atoms with Gasteiger partial charge in [-0.25, -0.2) is 4.68 Å². The lowest BCUT2D eigenvalue weighted by Gasteiger charge is -2.29. The van der Waals surface area contributed by atoms with Gasteiger partial charge in [0.05, 0.1) is 23.3 Å². The van der Waals surface area contributed by atoms with E-state index in [1.165, 1.54) is 12.1 Å². The molecule has 0 aliphatic carbocycles. The zero-order valence-corrected chi connectivity index (χ0v) is 20.4. The number of carbonyl (C=O) groups is 1. The summed E-state index contributed by atoms with van der Waals surface area (Å²) < 4.78 is 7.08. The number of nitro groups is 1. The molecule has 0 fully saturated rings. The quantitative estimate of drug-likeness (QED) is 0.281. The van der Waals surface area contributed by atoms with Crippen LogP contribution in [0.25, 0.3) is 11.4 Å². The van der Waals surface area contributed by atoms with E-state index in [1.54, 1.807) is 36.1 Å². The van der Waals surface area contributed by atoms with Crippen LogP contribution in [0.2, 0.25) is 0 Å². The standard InChI is InChI=1S/C27H24N6O4/c1-16-7-6-8-19(15-16)24-23(26(34)29-21-9-4-5-10-22(21)37-3)17(2)28-27-30-25(31-32(24)27)18-11-13-20(14-12-18)33(35)36/h4-15,24H,1-3H3,(H,29,34)(H,28,30,31). The van der Waals surface area contributed by atoms with Crippen LogP contribution in [0.4, 0.5) is 17.3 Å². The van der Waals surface area contributed by atoms with Crippen molar-refractivity contribution >= 4 is 23.2 Å². The molecule has 0 radical (unpaired) electrons. The van der Waals surface area contributed by atoms with Crippen LogP contribution in [0.15, 0.2) is 84.1 Å². The molecule has 1 aliphatic heterocycles. The number of non-ortho nitro benzene ring substituents is 1. The number of rotatable bonds is 6. The summed E-state index contributed by atoms with van der Waals surface area (Å²) in [5.41, 5.74) is 4.17. The topological polar surface area (TPSA) is 124 Å². The number of ether oxygens (including phenoxy) is 1. The smallest absolute Gasteiger partial charge is 0.269 e. The lowest BCUT2D eigenvalue weighted by Crippen LogP contribution is -2.31. The summed E-state index contributed by atoms with van der Waals surface area (Å²) in [4.78, 5) is 28.9. The first-order valence-corrected chi connectivity index (χ1v) is 11.6. The van der Waals surface area contributed by atoms with E-state index in [4.69, 9.17) is 9.84 Å². The number of nitrogens with zero attached hydrogens (tertiary/aromatic N) is 4. The first-order valence-electron chi connectivity index (χ1n) is 11.6. The Balaban J connectivity index is 1.58. The predicted octanol–water partition coefficient (Wildman–Crippen LogP) is 5.10. The van der Waals surface area contributed by atoms with Gasteiger partial charge in [-0.1, -0.05) is 42.0 Å². The Morgan fingerprint density at radius 1 is 1.08 bits per heavy atom. The Labute approximate surface area is 212 Å². The molecule has 1 aliphatic rings. The van der Waals surface area contributed by atoms with Crippen LogP contribution < -0.4 is 15.4 Å². The summed E-state index contributed by atoms with van der Waals surface area (Å²) in [6.07, 6.45) is 0. The highest BCUT2D eigenvalue weighted by molar-refractivity contribution is 6.06. The number of carbonyl (C=O) groups excluding carboxylic acids is 1. The van der Waals surface area contributed by atoms with Gasteiger partial charge < -0.3 is 15.4 Å². The van der Waals surface area contributed by atoms with Crippen LogP contribution in [0, 0.1) is 17.0 Å². The summed E-state index contributed by atoms with van der Waals surface area (Å²) in [6, 6.07) is 20.6. The number of allylic oxidation sites excluding steroid dienone is 1.